The normalized spacial score (nSPS) is 11.9. The van der Waals surface area contributed by atoms with Crippen molar-refractivity contribution in [1.82, 2.24) is 10.4 Å². The number of anilines is 1. The number of aromatic nitrogens is 1. The minimum absolute atomic E-state index is 0.0575. The maximum atomic E-state index is 12.5. The third kappa shape index (κ3) is 3.53. The first-order valence-corrected chi connectivity index (χ1v) is 4.81. The summed E-state index contributed by atoms with van der Waals surface area (Å²) in [5, 5.41) is 0. The second kappa shape index (κ2) is 5.29. The van der Waals surface area contributed by atoms with Gasteiger partial charge in [-0.15, -0.1) is 0 Å². The maximum absolute atomic E-state index is 12.5. The van der Waals surface area contributed by atoms with E-state index in [4.69, 9.17) is 0 Å². The van der Waals surface area contributed by atoms with Crippen LogP contribution in [0.15, 0.2) is 18.3 Å². The van der Waals surface area contributed by atoms with Crippen molar-refractivity contribution in [2.45, 2.75) is 20.3 Å². The summed E-state index contributed by atoms with van der Waals surface area (Å²) in [4.78, 5) is 15.1. The van der Waals surface area contributed by atoms with Gasteiger partial charge in [0.05, 0.1) is 6.20 Å². The van der Waals surface area contributed by atoms with Crippen molar-refractivity contribution >= 4 is 11.7 Å². The lowest BCUT2D eigenvalue weighted by Crippen LogP contribution is -2.33. The molecule has 0 aliphatic rings. The first-order chi connectivity index (χ1) is 7.13. The Labute approximate surface area is 87.9 Å². The first kappa shape index (κ1) is 11.4. The quantitative estimate of drug-likeness (QED) is 0.745. The zero-order chi connectivity index (χ0) is 11.3. The van der Waals surface area contributed by atoms with Gasteiger partial charge in [-0.2, -0.15) is 0 Å². The maximum Gasteiger partial charge on any atom is 0.241 e. The van der Waals surface area contributed by atoms with Crippen molar-refractivity contribution in [3.8, 4) is 0 Å². The van der Waals surface area contributed by atoms with Gasteiger partial charge in [0.2, 0.25) is 5.91 Å². The van der Waals surface area contributed by atoms with Crippen molar-refractivity contribution in [2.24, 2.45) is 5.92 Å². The number of nitrogens with one attached hydrogen (secondary N) is 2. The zero-order valence-electron chi connectivity index (χ0n) is 8.75. The molecule has 4 nitrogen and oxygen atoms in total. The van der Waals surface area contributed by atoms with E-state index in [-0.39, 0.29) is 11.8 Å². The molecular formula is C10H14FN3O. The lowest BCUT2D eigenvalue weighted by atomic mass is 10.1. The molecule has 0 aliphatic carbocycles. The van der Waals surface area contributed by atoms with Crippen LogP contribution in [0, 0.1) is 11.7 Å². The van der Waals surface area contributed by atoms with Crippen LogP contribution >= 0.6 is 0 Å². The molecule has 0 saturated carbocycles. The number of hydrazine groups is 1. The second-order valence-corrected chi connectivity index (χ2v) is 3.29. The third-order valence-corrected chi connectivity index (χ3v) is 2.10. The van der Waals surface area contributed by atoms with Gasteiger partial charge in [-0.05, 0) is 18.6 Å². The Morgan fingerprint density at radius 1 is 1.60 bits per heavy atom. The number of nitrogens with zero attached hydrogens (tertiary/aromatic N) is 1. The molecule has 1 amide bonds. The minimum atomic E-state index is -0.409. The summed E-state index contributed by atoms with van der Waals surface area (Å²) in [5.74, 6) is -0.163. The van der Waals surface area contributed by atoms with Crippen LogP contribution in [0.25, 0.3) is 0 Å². The van der Waals surface area contributed by atoms with Gasteiger partial charge >= 0.3 is 0 Å². The van der Waals surface area contributed by atoms with Crippen LogP contribution in [-0.2, 0) is 4.79 Å². The Kier molecular flexibility index (Phi) is 4.03. The highest BCUT2D eigenvalue weighted by atomic mass is 19.1. The average molecular weight is 211 g/mol. The molecule has 0 aromatic carbocycles. The molecule has 1 aromatic heterocycles. The Bertz CT molecular complexity index is 326. The lowest BCUT2D eigenvalue weighted by molar-refractivity contribution is -0.124. The van der Waals surface area contributed by atoms with Gasteiger partial charge in [0.1, 0.15) is 11.6 Å². The van der Waals surface area contributed by atoms with Crippen molar-refractivity contribution in [1.29, 1.82) is 0 Å². The van der Waals surface area contributed by atoms with Crippen molar-refractivity contribution in [3.63, 3.8) is 0 Å². The second-order valence-electron chi connectivity index (χ2n) is 3.29. The summed E-state index contributed by atoms with van der Waals surface area (Å²) in [7, 11) is 0. The summed E-state index contributed by atoms with van der Waals surface area (Å²) in [6.45, 7) is 3.76. The van der Waals surface area contributed by atoms with Gasteiger partial charge in [-0.25, -0.2) is 9.37 Å². The first-order valence-electron chi connectivity index (χ1n) is 4.81. The molecule has 1 rings (SSSR count). The van der Waals surface area contributed by atoms with Gasteiger partial charge in [-0.3, -0.25) is 15.6 Å². The van der Waals surface area contributed by atoms with Crippen molar-refractivity contribution in [3.05, 3.63) is 24.1 Å². The molecule has 1 heterocycles. The number of rotatable bonds is 4. The zero-order valence-corrected chi connectivity index (χ0v) is 8.75. The smallest absolute Gasteiger partial charge is 0.241 e. The highest BCUT2D eigenvalue weighted by Crippen LogP contribution is 2.03. The van der Waals surface area contributed by atoms with E-state index in [9.17, 15) is 9.18 Å². The topological polar surface area (TPSA) is 54.0 Å². The average Bonchev–Trinajstić information content (AvgIpc) is 2.26. The predicted octanol–water partition coefficient (Wildman–Crippen LogP) is 1.71. The molecule has 0 radical (unpaired) electrons. The number of carbonyl (C=O) groups excluding carboxylic acids is 1. The molecule has 15 heavy (non-hydrogen) atoms. The van der Waals surface area contributed by atoms with E-state index < -0.39 is 5.82 Å². The Balaban J connectivity index is 2.43. The molecule has 5 heteroatoms. The molecular weight excluding hydrogens is 197 g/mol. The molecule has 1 unspecified atom stereocenters. The van der Waals surface area contributed by atoms with Crippen LogP contribution in [0.1, 0.15) is 20.3 Å². The molecule has 0 aliphatic heterocycles. The molecule has 1 aromatic rings. The Morgan fingerprint density at radius 2 is 2.33 bits per heavy atom. The van der Waals surface area contributed by atoms with Gasteiger partial charge in [0.15, 0.2) is 0 Å². The SMILES string of the molecule is CCC(C)C(=O)NNc1ccc(F)cn1. The standard InChI is InChI=1S/C10H14FN3O/c1-3-7(2)10(15)14-13-9-5-4-8(11)6-12-9/h4-7H,3H2,1-2H3,(H,12,13)(H,14,15). The number of amides is 1. The number of pyridine rings is 1. The van der Waals surface area contributed by atoms with E-state index in [0.717, 1.165) is 12.6 Å². The summed E-state index contributed by atoms with van der Waals surface area (Å²) < 4.78 is 12.5. The molecule has 0 bridgehead atoms. The van der Waals surface area contributed by atoms with Crippen LogP contribution in [0.4, 0.5) is 10.2 Å². The van der Waals surface area contributed by atoms with Crippen molar-refractivity contribution < 1.29 is 9.18 Å². The fraction of sp³-hybridized carbons (Fsp3) is 0.400. The Morgan fingerprint density at radius 3 is 2.87 bits per heavy atom. The fourth-order valence-corrected chi connectivity index (χ4v) is 0.884. The van der Waals surface area contributed by atoms with E-state index >= 15 is 0 Å². The van der Waals surface area contributed by atoms with Crippen molar-refractivity contribution in [2.75, 3.05) is 5.43 Å². The van der Waals surface area contributed by atoms with Crippen LogP contribution in [-0.4, -0.2) is 10.9 Å². The number of carbonyl (C=O) groups is 1. The number of halogens is 1. The van der Waals surface area contributed by atoms with E-state index in [2.05, 4.69) is 15.8 Å². The van der Waals surface area contributed by atoms with Crippen LogP contribution in [0.2, 0.25) is 0 Å². The molecule has 0 saturated heterocycles. The van der Waals surface area contributed by atoms with Gasteiger partial charge in [0, 0.05) is 5.92 Å². The van der Waals surface area contributed by atoms with E-state index in [0.29, 0.717) is 5.82 Å². The minimum Gasteiger partial charge on any atom is -0.282 e. The van der Waals surface area contributed by atoms with Gasteiger partial charge in [0.25, 0.3) is 0 Å². The molecule has 0 spiro atoms. The van der Waals surface area contributed by atoms with E-state index in [1.165, 1.54) is 12.1 Å². The largest absolute Gasteiger partial charge is 0.282 e. The highest BCUT2D eigenvalue weighted by Gasteiger charge is 2.09. The molecule has 1 atom stereocenters. The number of hydrogen-bond donors (Lipinski definition) is 2. The summed E-state index contributed by atoms with van der Waals surface area (Å²) in [6.07, 6.45) is 1.85. The molecule has 2 N–H and O–H groups in total. The summed E-state index contributed by atoms with van der Waals surface area (Å²) in [5.41, 5.74) is 5.10. The van der Waals surface area contributed by atoms with Crippen LogP contribution < -0.4 is 10.9 Å². The Hall–Kier alpha value is -1.65. The van der Waals surface area contributed by atoms with Gasteiger partial charge < -0.3 is 0 Å². The van der Waals surface area contributed by atoms with Crippen LogP contribution in [0.5, 0.6) is 0 Å². The monoisotopic (exact) mass is 211 g/mol. The molecule has 82 valence electrons. The third-order valence-electron chi connectivity index (χ3n) is 2.10. The predicted molar refractivity (Wildman–Crippen MR) is 55.4 cm³/mol. The fourth-order valence-electron chi connectivity index (χ4n) is 0.884. The lowest BCUT2D eigenvalue weighted by Gasteiger charge is -2.10. The summed E-state index contributed by atoms with van der Waals surface area (Å²) in [6, 6.07) is 2.72. The van der Waals surface area contributed by atoms with E-state index in [1.807, 2.05) is 13.8 Å². The number of hydrogen-bond acceptors (Lipinski definition) is 3. The highest BCUT2D eigenvalue weighted by molar-refractivity contribution is 5.79. The summed E-state index contributed by atoms with van der Waals surface area (Å²) >= 11 is 0. The van der Waals surface area contributed by atoms with E-state index in [1.54, 1.807) is 0 Å². The van der Waals surface area contributed by atoms with Crippen LogP contribution in [0.3, 0.4) is 0 Å². The molecule has 0 fully saturated rings. The van der Waals surface area contributed by atoms with Gasteiger partial charge in [-0.1, -0.05) is 13.8 Å².